The van der Waals surface area contributed by atoms with Crippen molar-refractivity contribution in [2.75, 3.05) is 13.1 Å². The van der Waals surface area contributed by atoms with E-state index in [0.717, 1.165) is 51.6 Å². The first-order chi connectivity index (χ1) is 15.4. The molecule has 2 aromatic heterocycles. The molecule has 1 aromatic carbocycles. The Morgan fingerprint density at radius 2 is 2.12 bits per heavy atom. The predicted molar refractivity (Wildman–Crippen MR) is 122 cm³/mol. The van der Waals surface area contributed by atoms with Gasteiger partial charge in [0, 0.05) is 45.1 Å². The third kappa shape index (κ3) is 4.21. The zero-order valence-electron chi connectivity index (χ0n) is 18.6. The fourth-order valence-electron chi connectivity index (χ4n) is 4.70. The average Bonchev–Trinajstić information content (AvgIpc) is 3.41. The molecule has 0 unspecified atom stereocenters. The van der Waals surface area contributed by atoms with Gasteiger partial charge in [0.2, 0.25) is 11.8 Å². The van der Waals surface area contributed by atoms with E-state index in [1.165, 1.54) is 11.3 Å². The number of nitrogens with zero attached hydrogens (tertiary/aromatic N) is 4. The van der Waals surface area contributed by atoms with Gasteiger partial charge < -0.3 is 9.64 Å². The number of aromatic nitrogens is 2. The highest BCUT2D eigenvalue weighted by atomic mass is 32.1. The monoisotopic (exact) mass is 454 g/mol. The molecule has 32 heavy (non-hydrogen) atoms. The maximum absolute atomic E-state index is 14.6. The summed E-state index contributed by atoms with van der Waals surface area (Å²) in [6, 6.07) is 7.77. The molecule has 168 valence electrons. The molecule has 5 rings (SSSR count). The molecule has 0 N–H and O–H groups in total. The van der Waals surface area contributed by atoms with E-state index in [9.17, 15) is 9.18 Å². The average molecular weight is 455 g/mol. The Morgan fingerprint density at radius 3 is 2.94 bits per heavy atom. The van der Waals surface area contributed by atoms with Crippen LogP contribution in [0.25, 0.3) is 10.2 Å². The van der Waals surface area contributed by atoms with Crippen LogP contribution in [0.2, 0.25) is 0 Å². The Labute approximate surface area is 191 Å². The normalized spacial score (nSPS) is 20.8. The van der Waals surface area contributed by atoms with E-state index in [0.29, 0.717) is 31.4 Å². The Kier molecular flexibility index (Phi) is 5.59. The van der Waals surface area contributed by atoms with Crippen molar-refractivity contribution in [1.82, 2.24) is 19.8 Å². The summed E-state index contributed by atoms with van der Waals surface area (Å²) in [5.74, 6) is 0.526. The van der Waals surface area contributed by atoms with E-state index in [2.05, 4.69) is 21.8 Å². The predicted octanol–water partition coefficient (Wildman–Crippen LogP) is 4.09. The zero-order valence-corrected chi connectivity index (χ0v) is 19.4. The Hall–Kier alpha value is -2.58. The van der Waals surface area contributed by atoms with Gasteiger partial charge in [-0.1, -0.05) is 0 Å². The molecule has 0 spiro atoms. The second kappa shape index (κ2) is 8.41. The number of ether oxygens (including phenoxy) is 1. The highest BCUT2D eigenvalue weighted by molar-refractivity contribution is 7.18. The minimum atomic E-state index is -0.150. The maximum Gasteiger partial charge on any atom is 0.220 e. The maximum atomic E-state index is 14.6. The fourth-order valence-corrected chi connectivity index (χ4v) is 5.53. The number of carbonyl (C=O) groups is 1. The van der Waals surface area contributed by atoms with E-state index >= 15 is 0 Å². The first-order valence-electron chi connectivity index (χ1n) is 11.1. The van der Waals surface area contributed by atoms with E-state index in [4.69, 9.17) is 4.74 Å². The molecule has 6 nitrogen and oxygen atoms in total. The Morgan fingerprint density at radius 1 is 1.28 bits per heavy atom. The van der Waals surface area contributed by atoms with Crippen LogP contribution in [0.4, 0.5) is 4.39 Å². The summed E-state index contributed by atoms with van der Waals surface area (Å²) in [7, 11) is 0. The third-order valence-corrected chi connectivity index (χ3v) is 7.41. The van der Waals surface area contributed by atoms with Gasteiger partial charge in [-0.3, -0.25) is 9.69 Å². The molecule has 1 amide bonds. The van der Waals surface area contributed by atoms with Crippen molar-refractivity contribution in [3.63, 3.8) is 0 Å². The number of thiazole rings is 1. The molecule has 0 bridgehead atoms. The molecule has 0 radical (unpaired) electrons. The molecule has 1 saturated heterocycles. The topological polar surface area (TPSA) is 58.6 Å². The molecule has 0 saturated carbocycles. The van der Waals surface area contributed by atoms with Gasteiger partial charge in [-0.15, -0.1) is 11.3 Å². The number of likely N-dealkylation sites (tertiary alicyclic amines) is 1. The first kappa shape index (κ1) is 21.3. The molecule has 4 heterocycles. The highest BCUT2D eigenvalue weighted by Gasteiger charge is 2.31. The van der Waals surface area contributed by atoms with Gasteiger partial charge in [-0.2, -0.15) is 0 Å². The van der Waals surface area contributed by atoms with Crippen molar-refractivity contribution < 1.29 is 13.9 Å². The van der Waals surface area contributed by atoms with Crippen molar-refractivity contribution >= 4 is 27.5 Å². The quantitative estimate of drug-likeness (QED) is 0.581. The van der Waals surface area contributed by atoms with Gasteiger partial charge >= 0.3 is 0 Å². The molecular formula is C24H27FN4O2S. The largest absolute Gasteiger partial charge is 0.473 e. The summed E-state index contributed by atoms with van der Waals surface area (Å²) < 4.78 is 21.7. The number of fused-ring (bicyclic) bond motifs is 2. The fraction of sp³-hybridized carbons (Fsp3) is 0.458. The lowest BCUT2D eigenvalue weighted by atomic mass is 10.1. The van der Waals surface area contributed by atoms with Crippen molar-refractivity contribution in [3.05, 3.63) is 51.9 Å². The van der Waals surface area contributed by atoms with Gasteiger partial charge in [-0.05, 0) is 49.6 Å². The lowest BCUT2D eigenvalue weighted by Gasteiger charge is -2.20. The van der Waals surface area contributed by atoms with Crippen LogP contribution < -0.4 is 4.74 Å². The SMILES string of the molecule is CC(=O)N1Cc2ccc(O[C@H]3C[C@H](C)N(CCc4cc5nc(C)sc5cc4F)C3)nc2C1. The number of aryl methyl sites for hydroxylation is 1. The molecular weight excluding hydrogens is 427 g/mol. The second-order valence-corrected chi connectivity index (χ2v) is 10.1. The Bertz CT molecular complexity index is 1180. The van der Waals surface area contributed by atoms with Crippen LogP contribution in [-0.4, -0.2) is 50.9 Å². The molecule has 1 fully saturated rings. The molecule has 3 aromatic rings. The standard InChI is InChI=1S/C24H27FN4O2S/c1-14-8-19(31-24-5-4-18-11-29(16(3)30)13-22(18)27-24)12-28(14)7-6-17-9-21-23(10-20(17)25)32-15(2)26-21/h4-5,9-10,14,19H,6-8,11-13H2,1-3H3/t14-,19-/m0/s1. The van der Waals surface area contributed by atoms with E-state index < -0.39 is 0 Å². The number of carbonyl (C=O) groups excluding carboxylic acids is 1. The van der Waals surface area contributed by atoms with Crippen LogP contribution >= 0.6 is 11.3 Å². The summed E-state index contributed by atoms with van der Waals surface area (Å²) in [6.07, 6.45) is 1.60. The van der Waals surface area contributed by atoms with E-state index in [1.807, 2.05) is 25.1 Å². The van der Waals surface area contributed by atoms with E-state index in [1.54, 1.807) is 17.9 Å². The lowest BCUT2D eigenvalue weighted by molar-refractivity contribution is -0.129. The number of pyridine rings is 1. The molecule has 2 aliphatic heterocycles. The number of benzene rings is 1. The number of halogens is 1. The highest BCUT2D eigenvalue weighted by Crippen LogP contribution is 2.28. The number of amides is 1. The second-order valence-electron chi connectivity index (χ2n) is 8.84. The lowest BCUT2D eigenvalue weighted by Crippen LogP contribution is -2.30. The van der Waals surface area contributed by atoms with E-state index in [-0.39, 0.29) is 17.8 Å². The van der Waals surface area contributed by atoms with Crippen LogP contribution in [0, 0.1) is 12.7 Å². The van der Waals surface area contributed by atoms with Crippen LogP contribution in [0.15, 0.2) is 24.3 Å². The molecule has 2 aliphatic rings. The van der Waals surface area contributed by atoms with Crippen molar-refractivity contribution in [2.45, 2.75) is 58.8 Å². The number of hydrogen-bond acceptors (Lipinski definition) is 6. The van der Waals surface area contributed by atoms with Crippen LogP contribution in [0.3, 0.4) is 0 Å². The third-order valence-electron chi connectivity index (χ3n) is 6.47. The summed E-state index contributed by atoms with van der Waals surface area (Å²) in [5, 5.41) is 0.957. The van der Waals surface area contributed by atoms with Crippen molar-refractivity contribution in [3.8, 4) is 5.88 Å². The molecule has 2 atom stereocenters. The van der Waals surface area contributed by atoms with Gasteiger partial charge in [-0.25, -0.2) is 14.4 Å². The van der Waals surface area contributed by atoms with Crippen LogP contribution in [-0.2, 0) is 24.3 Å². The summed E-state index contributed by atoms with van der Waals surface area (Å²) in [5.41, 5.74) is 3.60. The molecule has 0 aliphatic carbocycles. The first-order valence-corrected chi connectivity index (χ1v) is 11.9. The number of hydrogen-bond donors (Lipinski definition) is 0. The minimum Gasteiger partial charge on any atom is -0.473 e. The van der Waals surface area contributed by atoms with Crippen molar-refractivity contribution in [1.29, 1.82) is 0 Å². The van der Waals surface area contributed by atoms with Gasteiger partial charge in [0.15, 0.2) is 0 Å². The Balaban J connectivity index is 1.20. The molecule has 8 heteroatoms. The number of rotatable bonds is 5. The van der Waals surface area contributed by atoms with Crippen LogP contribution in [0.1, 0.15) is 42.1 Å². The zero-order chi connectivity index (χ0) is 22.4. The smallest absolute Gasteiger partial charge is 0.220 e. The van der Waals surface area contributed by atoms with Crippen LogP contribution in [0.5, 0.6) is 5.88 Å². The van der Waals surface area contributed by atoms with Crippen molar-refractivity contribution in [2.24, 2.45) is 0 Å². The summed E-state index contributed by atoms with van der Waals surface area (Å²) in [6.45, 7) is 8.45. The minimum absolute atomic E-state index is 0.0504. The van der Waals surface area contributed by atoms with Gasteiger partial charge in [0.05, 0.1) is 27.5 Å². The summed E-state index contributed by atoms with van der Waals surface area (Å²) >= 11 is 1.53. The van der Waals surface area contributed by atoms with Gasteiger partial charge in [0.1, 0.15) is 11.9 Å². The van der Waals surface area contributed by atoms with Gasteiger partial charge in [0.25, 0.3) is 0 Å². The summed E-state index contributed by atoms with van der Waals surface area (Å²) in [4.78, 5) is 24.9.